The fourth-order valence-corrected chi connectivity index (χ4v) is 4.15. The van der Waals surface area contributed by atoms with E-state index in [4.69, 9.17) is 29.7 Å². The van der Waals surface area contributed by atoms with Crippen molar-refractivity contribution in [3.63, 3.8) is 0 Å². The number of carbonyl (C=O) groups is 3. The largest absolute Gasteiger partial charge is 0.490 e. The van der Waals surface area contributed by atoms with Gasteiger partial charge >= 0.3 is 36.4 Å². The van der Waals surface area contributed by atoms with Gasteiger partial charge in [0.25, 0.3) is 0 Å². The molecule has 13 nitrogen and oxygen atoms in total. The summed E-state index contributed by atoms with van der Waals surface area (Å²) in [5, 5.41) is 24.6. The van der Waals surface area contributed by atoms with Gasteiger partial charge in [0.05, 0.1) is 18.4 Å². The minimum Gasteiger partial charge on any atom is -0.475 e. The van der Waals surface area contributed by atoms with E-state index < -0.39 is 36.4 Å². The SMILES string of the molecule is O=C(O)C(F)(F)F.O=C(O)C(F)(F)F.O=C(O)C(F)(F)F.c1cncc(-c2cnc3c(N4CCN(Cc5nccs5)CC4)nccn23)c1. The van der Waals surface area contributed by atoms with E-state index in [9.17, 15) is 39.5 Å². The number of fused-ring (bicyclic) bond motifs is 1. The average Bonchev–Trinajstić information content (AvgIpc) is 3.68. The predicted molar refractivity (Wildman–Crippen MR) is 147 cm³/mol. The lowest BCUT2D eigenvalue weighted by molar-refractivity contribution is -0.193. The highest BCUT2D eigenvalue weighted by Gasteiger charge is 2.39. The molecule has 262 valence electrons. The molecule has 23 heteroatoms. The fourth-order valence-electron chi connectivity index (χ4n) is 3.50. The van der Waals surface area contributed by atoms with Crippen LogP contribution >= 0.6 is 11.3 Å². The summed E-state index contributed by atoms with van der Waals surface area (Å²) in [7, 11) is 0. The fraction of sp³-hybridized carbons (Fsp3) is 0.320. The molecule has 0 bridgehead atoms. The van der Waals surface area contributed by atoms with Crippen molar-refractivity contribution < 1.29 is 69.2 Å². The van der Waals surface area contributed by atoms with Crippen LogP contribution in [-0.2, 0) is 20.9 Å². The third-order valence-corrected chi connectivity index (χ3v) is 6.37. The minimum absolute atomic E-state index is 0.893. The summed E-state index contributed by atoms with van der Waals surface area (Å²) in [6.07, 6.45) is -4.01. The molecule has 1 saturated heterocycles. The van der Waals surface area contributed by atoms with Crippen LogP contribution in [0.4, 0.5) is 45.3 Å². The van der Waals surface area contributed by atoms with Gasteiger partial charge in [0.1, 0.15) is 5.01 Å². The first kappa shape index (κ1) is 39.1. The highest BCUT2D eigenvalue weighted by atomic mass is 32.1. The Labute approximate surface area is 266 Å². The number of carboxylic acid groups (broad SMARTS) is 3. The molecule has 0 radical (unpaired) electrons. The van der Waals surface area contributed by atoms with E-state index in [2.05, 4.69) is 34.1 Å². The number of hydrogen-bond acceptors (Lipinski definition) is 10. The second-order valence-electron chi connectivity index (χ2n) is 8.93. The minimum atomic E-state index is -5.08. The molecule has 5 rings (SSSR count). The number of imidazole rings is 1. The summed E-state index contributed by atoms with van der Waals surface area (Å²) in [4.78, 5) is 49.4. The topological polar surface area (TPSA) is 174 Å². The predicted octanol–water partition coefficient (Wildman–Crippen LogP) is 4.47. The van der Waals surface area contributed by atoms with Crippen LogP contribution in [0, 0.1) is 0 Å². The number of halogens is 9. The van der Waals surface area contributed by atoms with Gasteiger partial charge < -0.3 is 20.2 Å². The summed E-state index contributed by atoms with van der Waals surface area (Å²) in [6, 6.07) is 3.99. The molecule has 0 atom stereocenters. The van der Waals surface area contributed by atoms with Crippen molar-refractivity contribution in [2.45, 2.75) is 25.1 Å². The number of piperazine rings is 1. The highest BCUT2D eigenvalue weighted by Crippen LogP contribution is 2.25. The number of aliphatic carboxylic acids is 3. The van der Waals surface area contributed by atoms with Crippen LogP contribution in [0.25, 0.3) is 16.9 Å². The van der Waals surface area contributed by atoms with Crippen molar-refractivity contribution in [1.82, 2.24) is 29.2 Å². The zero-order chi connectivity index (χ0) is 36.3. The Hall–Kier alpha value is -5.06. The van der Waals surface area contributed by atoms with Crippen molar-refractivity contribution in [2.24, 2.45) is 0 Å². The van der Waals surface area contributed by atoms with Crippen molar-refractivity contribution in [3.05, 3.63) is 59.7 Å². The van der Waals surface area contributed by atoms with Gasteiger partial charge in [-0.15, -0.1) is 11.3 Å². The molecule has 5 heterocycles. The summed E-state index contributed by atoms with van der Waals surface area (Å²) in [5.41, 5.74) is 2.98. The summed E-state index contributed by atoms with van der Waals surface area (Å²) in [6.45, 7) is 4.80. The number of alkyl halides is 9. The van der Waals surface area contributed by atoms with E-state index in [0.29, 0.717) is 0 Å². The number of anilines is 1. The van der Waals surface area contributed by atoms with E-state index in [1.54, 1.807) is 17.5 Å². The maximum absolute atomic E-state index is 10.6. The number of rotatable bonds is 4. The maximum Gasteiger partial charge on any atom is 0.490 e. The van der Waals surface area contributed by atoms with Crippen LogP contribution < -0.4 is 4.90 Å². The molecule has 1 aliphatic rings. The van der Waals surface area contributed by atoms with E-state index in [-0.39, 0.29) is 0 Å². The number of aromatic nitrogens is 5. The van der Waals surface area contributed by atoms with Crippen molar-refractivity contribution in [1.29, 1.82) is 0 Å². The van der Waals surface area contributed by atoms with Gasteiger partial charge in [-0.3, -0.25) is 14.3 Å². The number of hydrogen-bond donors (Lipinski definition) is 3. The quantitative estimate of drug-likeness (QED) is 0.253. The van der Waals surface area contributed by atoms with Gasteiger partial charge in [-0.1, -0.05) is 0 Å². The zero-order valence-corrected chi connectivity index (χ0v) is 24.6. The molecule has 0 amide bonds. The lowest BCUT2D eigenvalue weighted by Gasteiger charge is -2.34. The number of pyridine rings is 1. The molecule has 1 aliphatic heterocycles. The van der Waals surface area contributed by atoms with E-state index in [0.717, 1.165) is 55.4 Å². The van der Waals surface area contributed by atoms with Crippen molar-refractivity contribution >= 4 is 40.7 Å². The second-order valence-corrected chi connectivity index (χ2v) is 9.91. The Morgan fingerprint density at radius 3 is 1.73 bits per heavy atom. The molecule has 0 aromatic carbocycles. The normalized spacial score (nSPS) is 13.6. The zero-order valence-electron chi connectivity index (χ0n) is 23.7. The van der Waals surface area contributed by atoms with Crippen LogP contribution in [0.3, 0.4) is 0 Å². The van der Waals surface area contributed by atoms with Gasteiger partial charge in [-0.05, 0) is 12.1 Å². The molecule has 4 aromatic heterocycles. The van der Waals surface area contributed by atoms with Crippen LogP contribution in [-0.4, -0.2) is 107 Å². The summed E-state index contributed by atoms with van der Waals surface area (Å²) >= 11 is 1.72. The van der Waals surface area contributed by atoms with Gasteiger partial charge in [-0.25, -0.2) is 29.3 Å². The highest BCUT2D eigenvalue weighted by molar-refractivity contribution is 7.09. The van der Waals surface area contributed by atoms with Crippen molar-refractivity contribution in [3.8, 4) is 11.3 Å². The number of thiazole rings is 1. The molecule has 0 saturated carbocycles. The van der Waals surface area contributed by atoms with Crippen LogP contribution in [0.2, 0.25) is 0 Å². The van der Waals surface area contributed by atoms with E-state index in [1.807, 2.05) is 48.5 Å². The smallest absolute Gasteiger partial charge is 0.475 e. The molecular weight excluding hydrogens is 697 g/mol. The van der Waals surface area contributed by atoms with Gasteiger partial charge in [0, 0.05) is 68.1 Å². The Morgan fingerprint density at radius 2 is 1.29 bits per heavy atom. The average molecular weight is 720 g/mol. The standard InChI is InChI=1S/C19H19N7S.3C2HF3O2/c1-2-15(12-20-3-1)16-13-23-19-18(22-4-6-26(16)19)25-9-7-24(8-10-25)14-17-21-5-11-27-17;3*3-2(4,5)1(6)7/h1-6,11-13H,7-10,14H2;3*(H,6,7). The lowest BCUT2D eigenvalue weighted by atomic mass is 10.2. The monoisotopic (exact) mass is 719 g/mol. The number of nitrogens with zero attached hydrogens (tertiary/aromatic N) is 7. The van der Waals surface area contributed by atoms with Crippen LogP contribution in [0.1, 0.15) is 5.01 Å². The van der Waals surface area contributed by atoms with Gasteiger partial charge in [0.2, 0.25) is 0 Å². The Bertz CT molecular complexity index is 1570. The Kier molecular flexibility index (Phi) is 13.6. The molecule has 0 spiro atoms. The first-order valence-electron chi connectivity index (χ1n) is 12.7. The first-order chi connectivity index (χ1) is 22.2. The first-order valence-corrected chi connectivity index (χ1v) is 13.6. The Morgan fingerprint density at radius 1 is 0.750 bits per heavy atom. The third-order valence-electron chi connectivity index (χ3n) is 5.61. The molecule has 0 aliphatic carbocycles. The molecule has 48 heavy (non-hydrogen) atoms. The van der Waals surface area contributed by atoms with Gasteiger partial charge in [0.15, 0.2) is 11.5 Å². The second kappa shape index (κ2) is 16.7. The van der Waals surface area contributed by atoms with Crippen molar-refractivity contribution in [2.75, 3.05) is 31.1 Å². The third kappa shape index (κ3) is 12.3. The molecule has 4 aromatic rings. The number of carboxylic acids is 3. The summed E-state index contributed by atoms with van der Waals surface area (Å²) < 4.78 is 97.3. The lowest BCUT2D eigenvalue weighted by Crippen LogP contribution is -2.46. The van der Waals surface area contributed by atoms with Crippen LogP contribution in [0.15, 0.2) is 54.7 Å². The molecular formula is C25H22F9N7O6S. The maximum atomic E-state index is 10.6. The van der Waals surface area contributed by atoms with E-state index in [1.165, 1.54) is 5.01 Å². The summed E-state index contributed by atoms with van der Waals surface area (Å²) in [5.74, 6) is -7.32. The van der Waals surface area contributed by atoms with Crippen LogP contribution in [0.5, 0.6) is 0 Å². The molecule has 3 N–H and O–H groups in total. The van der Waals surface area contributed by atoms with E-state index >= 15 is 0 Å². The Balaban J connectivity index is 0.000000313. The molecule has 0 unspecified atom stereocenters. The molecule has 1 fully saturated rings. The van der Waals surface area contributed by atoms with Gasteiger partial charge in [-0.2, -0.15) is 39.5 Å².